The summed E-state index contributed by atoms with van der Waals surface area (Å²) in [7, 11) is 0. The number of aliphatic hydroxyl groups excluding tert-OH is 2. The number of anilines is 1. The summed E-state index contributed by atoms with van der Waals surface area (Å²) in [4.78, 5) is 28.1. The Bertz CT molecular complexity index is 1190. The minimum absolute atomic E-state index is 0.0280. The van der Waals surface area contributed by atoms with Crippen LogP contribution in [-0.4, -0.2) is 55.5 Å². The van der Waals surface area contributed by atoms with Gasteiger partial charge in [-0.3, -0.25) is 0 Å². The lowest BCUT2D eigenvalue weighted by Crippen LogP contribution is -2.16. The molecule has 9 nitrogen and oxygen atoms in total. The van der Waals surface area contributed by atoms with Gasteiger partial charge in [0.1, 0.15) is 11.6 Å². The highest BCUT2D eigenvalue weighted by atomic mass is 19.1. The second-order valence-electron chi connectivity index (χ2n) is 7.60. The molecule has 3 rings (SSSR count). The molecule has 0 aliphatic heterocycles. The lowest BCUT2D eigenvalue weighted by molar-refractivity contribution is -0.134. The molecule has 0 aliphatic carbocycles. The Hall–Kier alpha value is -3.89. The van der Waals surface area contributed by atoms with Gasteiger partial charge >= 0.3 is 11.9 Å². The molecule has 10 heteroatoms. The van der Waals surface area contributed by atoms with Crippen molar-refractivity contribution >= 4 is 28.4 Å². The monoisotopic (exact) mass is 471 g/mol. The largest absolute Gasteiger partial charge is 0.478 e. The maximum atomic E-state index is 14.2. The predicted octanol–water partition coefficient (Wildman–Crippen LogP) is 2.92. The Morgan fingerprint density at radius 1 is 0.971 bits per heavy atom. The molecule has 0 atom stereocenters. The van der Waals surface area contributed by atoms with Crippen molar-refractivity contribution in [2.45, 2.75) is 25.7 Å². The third kappa shape index (κ3) is 6.33. The van der Waals surface area contributed by atoms with Crippen LogP contribution in [0, 0.1) is 5.82 Å². The van der Waals surface area contributed by atoms with Crippen LogP contribution in [0.5, 0.6) is 0 Å². The summed E-state index contributed by atoms with van der Waals surface area (Å²) >= 11 is 0. The fourth-order valence-corrected chi connectivity index (χ4v) is 3.17. The van der Waals surface area contributed by atoms with Gasteiger partial charge in [-0.05, 0) is 23.4 Å². The number of hydrogen-bond donors (Lipinski definition) is 5. The molecule has 0 spiro atoms. The molecule has 0 aliphatic rings. The number of aliphatic carboxylic acids is 2. The van der Waals surface area contributed by atoms with Crippen LogP contribution in [-0.2, 0) is 9.59 Å². The van der Waals surface area contributed by atoms with Crippen molar-refractivity contribution < 1.29 is 34.4 Å². The minimum atomic E-state index is -1.26. The number of hydrogen-bond acceptors (Lipinski definition) is 7. The second kappa shape index (κ2) is 11.8. The molecule has 0 unspecified atom stereocenters. The summed E-state index contributed by atoms with van der Waals surface area (Å²) in [6.45, 7) is 3.37. The number of aromatic nitrogens is 2. The molecule has 6 N–H and O–H groups in total. The van der Waals surface area contributed by atoms with E-state index in [4.69, 9.17) is 15.9 Å². The molecule has 1 heterocycles. The average molecular weight is 471 g/mol. The van der Waals surface area contributed by atoms with E-state index in [2.05, 4.69) is 9.97 Å². The number of aliphatic hydroxyl groups is 2. The molecule has 0 bridgehead atoms. The molecule has 2 aromatic carbocycles. The van der Waals surface area contributed by atoms with Crippen LogP contribution in [0.15, 0.2) is 48.6 Å². The van der Waals surface area contributed by atoms with Gasteiger partial charge in [0.05, 0.1) is 36.2 Å². The fourth-order valence-electron chi connectivity index (χ4n) is 3.17. The Kier molecular flexibility index (Phi) is 9.17. The van der Waals surface area contributed by atoms with Gasteiger partial charge < -0.3 is 26.2 Å². The first kappa shape index (κ1) is 26.4. The maximum absolute atomic E-state index is 14.2. The van der Waals surface area contributed by atoms with E-state index in [1.54, 1.807) is 18.2 Å². The Balaban J connectivity index is 0.000000440. The highest BCUT2D eigenvalue weighted by Gasteiger charge is 2.22. The number of fused-ring (bicyclic) bond motifs is 1. The molecule has 180 valence electrons. The molecule has 0 amide bonds. The van der Waals surface area contributed by atoms with Crippen LogP contribution in [0.25, 0.3) is 22.0 Å². The van der Waals surface area contributed by atoms with E-state index >= 15 is 0 Å². The predicted molar refractivity (Wildman–Crippen MR) is 125 cm³/mol. The topological polar surface area (TPSA) is 167 Å². The number of nitrogens with zero attached hydrogens (tertiary/aromatic N) is 2. The van der Waals surface area contributed by atoms with Crippen molar-refractivity contribution in [1.29, 1.82) is 0 Å². The standard InChI is InChI=1S/C20H22FN3O2.C4H4O4/c1-11(2)18-17(22)19(24-20(23-18)12(9-25)10-26)15-7-8-16(21)14-6-4-3-5-13(14)15;5-3(6)1-2-4(7)8/h3-8,11-12,25-26H,9-10,22H2,1-2H3;1-2H,(H,5,6)(H,7,8)/b;2-1-. The Morgan fingerprint density at radius 3 is 2.03 bits per heavy atom. The first-order valence-corrected chi connectivity index (χ1v) is 10.3. The van der Waals surface area contributed by atoms with Crippen molar-refractivity contribution in [2.75, 3.05) is 18.9 Å². The first-order valence-electron chi connectivity index (χ1n) is 10.3. The normalized spacial score (nSPS) is 11.1. The van der Waals surface area contributed by atoms with Crippen molar-refractivity contribution in [3.8, 4) is 11.3 Å². The van der Waals surface area contributed by atoms with Crippen LogP contribution in [0.3, 0.4) is 0 Å². The summed E-state index contributed by atoms with van der Waals surface area (Å²) in [5, 5.41) is 35.9. The Labute approximate surface area is 195 Å². The molecule has 0 fully saturated rings. The minimum Gasteiger partial charge on any atom is -0.478 e. The molecule has 1 aromatic heterocycles. The number of nitrogen functional groups attached to an aromatic ring is 1. The van der Waals surface area contributed by atoms with Crippen LogP contribution >= 0.6 is 0 Å². The van der Waals surface area contributed by atoms with E-state index in [0.717, 1.165) is 0 Å². The lowest BCUT2D eigenvalue weighted by atomic mass is 9.97. The summed E-state index contributed by atoms with van der Waals surface area (Å²) in [6.07, 6.45) is 1.12. The molecule has 0 saturated carbocycles. The van der Waals surface area contributed by atoms with Crippen LogP contribution in [0.4, 0.5) is 10.1 Å². The highest BCUT2D eigenvalue weighted by Crippen LogP contribution is 2.36. The van der Waals surface area contributed by atoms with Crippen molar-refractivity contribution in [2.24, 2.45) is 0 Å². The number of carboxylic acid groups (broad SMARTS) is 2. The number of carboxylic acids is 2. The lowest BCUT2D eigenvalue weighted by Gasteiger charge is -2.18. The van der Waals surface area contributed by atoms with E-state index in [1.807, 2.05) is 26.0 Å². The second-order valence-corrected chi connectivity index (χ2v) is 7.60. The van der Waals surface area contributed by atoms with Gasteiger partial charge in [0.25, 0.3) is 0 Å². The SMILES string of the molecule is CC(C)c1nc(C(CO)CO)nc(-c2ccc(F)c3ccccc23)c1N.O=C(O)/C=C\C(=O)O. The van der Waals surface area contributed by atoms with Crippen LogP contribution in [0.1, 0.15) is 37.2 Å². The van der Waals surface area contributed by atoms with E-state index in [1.165, 1.54) is 6.07 Å². The summed E-state index contributed by atoms with van der Waals surface area (Å²) in [5.41, 5.74) is 8.61. The highest BCUT2D eigenvalue weighted by molar-refractivity contribution is 5.98. The quantitative estimate of drug-likeness (QED) is 0.325. The molecular weight excluding hydrogens is 445 g/mol. The summed E-state index contributed by atoms with van der Waals surface area (Å²) in [6, 6.07) is 10.2. The molecule has 3 aromatic rings. The number of rotatable bonds is 7. The first-order chi connectivity index (χ1) is 16.1. The van der Waals surface area contributed by atoms with Crippen LogP contribution in [0.2, 0.25) is 0 Å². The number of carbonyl (C=O) groups is 2. The summed E-state index contributed by atoms with van der Waals surface area (Å²) in [5.74, 6) is -3.07. The van der Waals surface area contributed by atoms with Gasteiger partial charge in [0, 0.05) is 23.1 Å². The van der Waals surface area contributed by atoms with Gasteiger partial charge in [0.15, 0.2) is 0 Å². The number of nitrogens with two attached hydrogens (primary N) is 1. The fraction of sp³-hybridized carbons (Fsp3) is 0.250. The van der Waals surface area contributed by atoms with Crippen molar-refractivity contribution in [1.82, 2.24) is 9.97 Å². The molecule has 34 heavy (non-hydrogen) atoms. The smallest absolute Gasteiger partial charge is 0.328 e. The van der Waals surface area contributed by atoms with Gasteiger partial charge in [0.2, 0.25) is 0 Å². The number of benzene rings is 2. The van der Waals surface area contributed by atoms with Gasteiger partial charge in [-0.15, -0.1) is 0 Å². The molecular formula is C24H26FN3O6. The van der Waals surface area contributed by atoms with Crippen LogP contribution < -0.4 is 5.73 Å². The molecule has 0 saturated heterocycles. The van der Waals surface area contributed by atoms with Gasteiger partial charge in [-0.1, -0.05) is 38.1 Å². The Morgan fingerprint density at radius 2 is 1.53 bits per heavy atom. The zero-order chi connectivity index (χ0) is 25.4. The molecule has 0 radical (unpaired) electrons. The third-order valence-electron chi connectivity index (χ3n) is 4.84. The van der Waals surface area contributed by atoms with Gasteiger partial charge in [-0.2, -0.15) is 0 Å². The third-order valence-corrected chi connectivity index (χ3v) is 4.84. The van der Waals surface area contributed by atoms with Gasteiger partial charge in [-0.25, -0.2) is 23.9 Å². The zero-order valence-corrected chi connectivity index (χ0v) is 18.6. The van der Waals surface area contributed by atoms with Crippen molar-refractivity contribution in [3.05, 3.63) is 65.9 Å². The zero-order valence-electron chi connectivity index (χ0n) is 18.6. The van der Waals surface area contributed by atoms with E-state index in [-0.39, 0.29) is 24.9 Å². The maximum Gasteiger partial charge on any atom is 0.328 e. The van der Waals surface area contributed by atoms with Crippen molar-refractivity contribution in [3.63, 3.8) is 0 Å². The summed E-state index contributed by atoms with van der Waals surface area (Å²) < 4.78 is 14.2. The average Bonchev–Trinajstić information content (AvgIpc) is 2.80. The van der Waals surface area contributed by atoms with E-state index in [0.29, 0.717) is 51.4 Å². The van der Waals surface area contributed by atoms with E-state index < -0.39 is 17.9 Å². The van der Waals surface area contributed by atoms with E-state index in [9.17, 15) is 24.2 Å². The number of halogens is 1.